The van der Waals surface area contributed by atoms with Gasteiger partial charge in [-0.25, -0.2) is 0 Å². The maximum Gasteiger partial charge on any atom is 0.238 e. The van der Waals surface area contributed by atoms with Crippen molar-refractivity contribution in [3.05, 3.63) is 63.7 Å². The Labute approximate surface area is 172 Å². The summed E-state index contributed by atoms with van der Waals surface area (Å²) in [5, 5.41) is 7.25. The summed E-state index contributed by atoms with van der Waals surface area (Å²) in [4.78, 5) is 14.9. The molecule has 4 nitrogen and oxygen atoms in total. The van der Waals surface area contributed by atoms with E-state index in [1.807, 2.05) is 32.0 Å². The van der Waals surface area contributed by atoms with Crippen LogP contribution < -0.4 is 10.6 Å². The monoisotopic (exact) mass is 407 g/mol. The highest BCUT2D eigenvalue weighted by Crippen LogP contribution is 2.25. The predicted molar refractivity (Wildman–Crippen MR) is 115 cm³/mol. The third-order valence-corrected chi connectivity index (χ3v) is 5.11. The maximum absolute atomic E-state index is 12.7. The summed E-state index contributed by atoms with van der Waals surface area (Å²) in [6.07, 6.45) is 0. The molecule has 1 aliphatic heterocycles. The van der Waals surface area contributed by atoms with Crippen molar-refractivity contribution in [3.63, 3.8) is 0 Å². The fourth-order valence-electron chi connectivity index (χ4n) is 3.72. The minimum atomic E-state index is 0. The minimum Gasteiger partial charge on any atom is -0.324 e. The Hall–Kier alpha value is -1.59. The smallest absolute Gasteiger partial charge is 0.238 e. The van der Waals surface area contributed by atoms with Crippen molar-refractivity contribution in [2.24, 2.45) is 0 Å². The van der Waals surface area contributed by atoms with Crippen molar-refractivity contribution in [1.82, 2.24) is 10.2 Å². The molecule has 1 atom stereocenters. The summed E-state index contributed by atoms with van der Waals surface area (Å²) in [6, 6.07) is 12.2. The van der Waals surface area contributed by atoms with E-state index in [4.69, 9.17) is 11.6 Å². The van der Waals surface area contributed by atoms with Gasteiger partial charge in [0, 0.05) is 36.4 Å². The second-order valence-electron chi connectivity index (χ2n) is 7.07. The second-order valence-corrected chi connectivity index (χ2v) is 7.50. The third kappa shape index (κ3) is 5.45. The van der Waals surface area contributed by atoms with Crippen LogP contribution in [0.1, 0.15) is 28.3 Å². The molecule has 1 fully saturated rings. The first kappa shape index (κ1) is 21.7. The topological polar surface area (TPSA) is 44.4 Å². The molecule has 0 saturated carbocycles. The summed E-state index contributed by atoms with van der Waals surface area (Å²) in [5.74, 6) is 0.0222. The zero-order valence-corrected chi connectivity index (χ0v) is 17.6. The number of nitrogens with one attached hydrogen (secondary N) is 2. The summed E-state index contributed by atoms with van der Waals surface area (Å²) in [7, 11) is 0. The van der Waals surface area contributed by atoms with Crippen LogP contribution in [0.2, 0.25) is 5.02 Å². The van der Waals surface area contributed by atoms with Gasteiger partial charge in [0.2, 0.25) is 5.91 Å². The van der Waals surface area contributed by atoms with Crippen LogP contribution in [-0.4, -0.2) is 37.0 Å². The number of rotatable bonds is 4. The Morgan fingerprint density at radius 1 is 1.22 bits per heavy atom. The van der Waals surface area contributed by atoms with Crippen molar-refractivity contribution < 1.29 is 4.79 Å². The number of carbonyl (C=O) groups is 1. The fourth-order valence-corrected chi connectivity index (χ4v) is 3.92. The lowest BCUT2D eigenvalue weighted by Gasteiger charge is -2.36. The SMILES string of the molecule is Cc1cc(C)c(NC(=O)CN2CCNCC2c2cccc(Cl)c2)c(C)c1.Cl. The molecule has 3 rings (SSSR count). The van der Waals surface area contributed by atoms with Crippen molar-refractivity contribution in [3.8, 4) is 0 Å². The molecule has 2 N–H and O–H groups in total. The quantitative estimate of drug-likeness (QED) is 0.794. The summed E-state index contributed by atoms with van der Waals surface area (Å²) >= 11 is 6.15. The molecule has 1 heterocycles. The highest BCUT2D eigenvalue weighted by Gasteiger charge is 2.26. The molecule has 0 bridgehead atoms. The second kappa shape index (κ2) is 9.56. The molecule has 2 aromatic rings. The summed E-state index contributed by atoms with van der Waals surface area (Å²) in [6.45, 7) is 9.04. The molecule has 0 aromatic heterocycles. The van der Waals surface area contributed by atoms with Crippen LogP contribution in [0.4, 0.5) is 5.69 Å². The predicted octanol–water partition coefficient (Wildman–Crippen LogP) is 4.27. The average molecular weight is 408 g/mol. The van der Waals surface area contributed by atoms with Crippen LogP contribution >= 0.6 is 24.0 Å². The van der Waals surface area contributed by atoms with Gasteiger partial charge in [-0.15, -0.1) is 12.4 Å². The molecule has 1 saturated heterocycles. The van der Waals surface area contributed by atoms with Gasteiger partial charge >= 0.3 is 0 Å². The molecule has 1 aliphatic rings. The number of halogens is 2. The van der Waals surface area contributed by atoms with E-state index in [1.165, 1.54) is 5.56 Å². The van der Waals surface area contributed by atoms with Crippen LogP contribution in [0.15, 0.2) is 36.4 Å². The van der Waals surface area contributed by atoms with Gasteiger partial charge in [0.05, 0.1) is 6.54 Å². The number of amides is 1. The van der Waals surface area contributed by atoms with E-state index in [-0.39, 0.29) is 24.4 Å². The maximum atomic E-state index is 12.7. The van der Waals surface area contributed by atoms with Crippen LogP contribution in [0.5, 0.6) is 0 Å². The van der Waals surface area contributed by atoms with E-state index in [2.05, 4.69) is 40.7 Å². The van der Waals surface area contributed by atoms with E-state index in [0.29, 0.717) is 6.54 Å². The molecule has 0 spiro atoms. The minimum absolute atomic E-state index is 0. The van der Waals surface area contributed by atoms with Gasteiger partial charge in [-0.2, -0.15) is 0 Å². The summed E-state index contributed by atoms with van der Waals surface area (Å²) in [5.41, 5.74) is 5.47. The first-order valence-corrected chi connectivity index (χ1v) is 9.40. The number of anilines is 1. The Balaban J connectivity index is 0.00000261. The van der Waals surface area contributed by atoms with Crippen molar-refractivity contribution >= 4 is 35.6 Å². The Bertz CT molecular complexity index is 787. The molecule has 27 heavy (non-hydrogen) atoms. The summed E-state index contributed by atoms with van der Waals surface area (Å²) < 4.78 is 0. The van der Waals surface area contributed by atoms with Gasteiger partial charge in [0.25, 0.3) is 0 Å². The number of hydrogen-bond acceptors (Lipinski definition) is 3. The highest BCUT2D eigenvalue weighted by atomic mass is 35.5. The third-order valence-electron chi connectivity index (χ3n) is 4.88. The van der Waals surface area contributed by atoms with Gasteiger partial charge in [-0.3, -0.25) is 9.69 Å². The van der Waals surface area contributed by atoms with E-state index < -0.39 is 0 Å². The van der Waals surface area contributed by atoms with Crippen LogP contribution in [-0.2, 0) is 4.79 Å². The molecule has 1 unspecified atom stereocenters. The molecule has 2 aromatic carbocycles. The zero-order chi connectivity index (χ0) is 18.7. The lowest BCUT2D eigenvalue weighted by Crippen LogP contribution is -2.48. The van der Waals surface area contributed by atoms with Crippen molar-refractivity contribution in [2.75, 3.05) is 31.5 Å². The number of nitrogens with zero attached hydrogens (tertiary/aromatic N) is 1. The number of hydrogen-bond donors (Lipinski definition) is 2. The normalized spacial score (nSPS) is 17.3. The highest BCUT2D eigenvalue weighted by molar-refractivity contribution is 6.30. The Kier molecular flexibility index (Phi) is 7.68. The molecule has 6 heteroatoms. The van der Waals surface area contributed by atoms with Gasteiger partial charge in [0.15, 0.2) is 0 Å². The number of benzene rings is 2. The molecule has 1 amide bonds. The lowest BCUT2D eigenvalue weighted by atomic mass is 10.0. The molecule has 0 aliphatic carbocycles. The lowest BCUT2D eigenvalue weighted by molar-refractivity contribution is -0.118. The van der Waals surface area contributed by atoms with Gasteiger partial charge in [0.1, 0.15) is 0 Å². The average Bonchev–Trinajstić information content (AvgIpc) is 2.58. The standard InChI is InChI=1S/C21H26ClN3O.ClH/c1-14-9-15(2)21(16(3)10-14)24-20(26)13-25-8-7-23-12-19(25)17-5-4-6-18(22)11-17;/h4-6,9-11,19,23H,7-8,12-13H2,1-3H3,(H,24,26);1H. The van der Waals surface area contributed by atoms with Crippen LogP contribution in [0.3, 0.4) is 0 Å². The molecule has 0 radical (unpaired) electrons. The van der Waals surface area contributed by atoms with E-state index >= 15 is 0 Å². The van der Waals surface area contributed by atoms with Crippen molar-refractivity contribution in [1.29, 1.82) is 0 Å². The van der Waals surface area contributed by atoms with E-state index in [0.717, 1.165) is 47.0 Å². The largest absolute Gasteiger partial charge is 0.324 e. The Morgan fingerprint density at radius 3 is 2.59 bits per heavy atom. The molecule has 146 valence electrons. The first-order chi connectivity index (χ1) is 12.4. The molecular formula is C21H27Cl2N3O. The van der Waals surface area contributed by atoms with E-state index in [1.54, 1.807) is 0 Å². The fraction of sp³-hybridized carbons (Fsp3) is 0.381. The molecular weight excluding hydrogens is 381 g/mol. The van der Waals surface area contributed by atoms with Crippen LogP contribution in [0, 0.1) is 20.8 Å². The zero-order valence-electron chi connectivity index (χ0n) is 16.0. The van der Waals surface area contributed by atoms with Crippen molar-refractivity contribution in [2.45, 2.75) is 26.8 Å². The number of piperazine rings is 1. The van der Waals surface area contributed by atoms with Gasteiger partial charge < -0.3 is 10.6 Å². The van der Waals surface area contributed by atoms with Gasteiger partial charge in [-0.05, 0) is 49.6 Å². The van der Waals surface area contributed by atoms with E-state index in [9.17, 15) is 4.79 Å². The van der Waals surface area contributed by atoms with Crippen LogP contribution in [0.25, 0.3) is 0 Å². The first-order valence-electron chi connectivity index (χ1n) is 9.02. The number of carbonyl (C=O) groups excluding carboxylic acids is 1. The van der Waals surface area contributed by atoms with Gasteiger partial charge in [-0.1, -0.05) is 41.4 Å². The number of aryl methyl sites for hydroxylation is 3. The Morgan fingerprint density at radius 2 is 1.93 bits per heavy atom.